The lowest BCUT2D eigenvalue weighted by atomic mass is 10.1. The zero-order chi connectivity index (χ0) is 19.1. The molecule has 0 saturated carbocycles. The summed E-state index contributed by atoms with van der Waals surface area (Å²) in [6.45, 7) is 3.86. The van der Waals surface area contributed by atoms with E-state index in [1.807, 2.05) is 0 Å². The summed E-state index contributed by atoms with van der Waals surface area (Å²) in [5.41, 5.74) is -0.755. The maximum absolute atomic E-state index is 12.8. The average molecular weight is 375 g/mol. The molecular formula is C16H14ClF3N2O3. The molecule has 2 heterocycles. The minimum Gasteiger partial charge on any atom is -0.355 e. The molecule has 0 atom stereocenters. The Morgan fingerprint density at radius 3 is 2.36 bits per heavy atom. The molecular weight excluding hydrogens is 361 g/mol. The average Bonchev–Trinajstić information content (AvgIpc) is 2.77. The van der Waals surface area contributed by atoms with Gasteiger partial charge in [-0.3, -0.25) is 14.4 Å². The van der Waals surface area contributed by atoms with E-state index in [1.54, 1.807) is 13.8 Å². The number of H-pyrrole nitrogens is 1. The van der Waals surface area contributed by atoms with E-state index in [1.165, 1.54) is 6.92 Å². The highest BCUT2D eigenvalue weighted by Gasteiger charge is 2.32. The van der Waals surface area contributed by atoms with Gasteiger partial charge in [-0.2, -0.15) is 13.2 Å². The molecule has 0 unspecified atom stereocenters. The summed E-state index contributed by atoms with van der Waals surface area (Å²) in [5.74, 6) is -0.879. The fourth-order valence-electron chi connectivity index (χ4n) is 2.66. The lowest BCUT2D eigenvalue weighted by molar-refractivity contribution is -0.138. The van der Waals surface area contributed by atoms with Crippen LogP contribution in [0.15, 0.2) is 17.1 Å². The number of hydrogen-bond donors (Lipinski definition) is 1. The van der Waals surface area contributed by atoms with Crippen molar-refractivity contribution in [1.29, 1.82) is 0 Å². The fourth-order valence-corrected chi connectivity index (χ4v) is 2.89. The molecule has 134 valence electrons. The third-order valence-corrected chi connectivity index (χ3v) is 4.02. The zero-order valence-electron chi connectivity index (χ0n) is 13.5. The Morgan fingerprint density at radius 1 is 1.28 bits per heavy atom. The smallest absolute Gasteiger partial charge is 0.355 e. The van der Waals surface area contributed by atoms with Crippen molar-refractivity contribution in [3.63, 3.8) is 0 Å². The van der Waals surface area contributed by atoms with E-state index < -0.39 is 34.6 Å². The van der Waals surface area contributed by atoms with Gasteiger partial charge in [-0.05, 0) is 32.4 Å². The van der Waals surface area contributed by atoms with Gasteiger partial charge < -0.3 is 9.55 Å². The monoisotopic (exact) mass is 374 g/mol. The van der Waals surface area contributed by atoms with Crippen LogP contribution in [0.4, 0.5) is 13.2 Å². The van der Waals surface area contributed by atoms with Crippen LogP contribution in [0.3, 0.4) is 0 Å². The van der Waals surface area contributed by atoms with Gasteiger partial charge in [0.25, 0.3) is 5.56 Å². The quantitative estimate of drug-likeness (QED) is 0.832. The number of halogens is 4. The number of Topliss-reactive ketones (excluding diaryl/α,β-unsaturated/α-hetero) is 2. The number of pyridine rings is 1. The SMILES string of the molecule is CC(=O)c1c(C)[nH]c(C(=O)Cn2cc(C(F)(F)F)cc(Cl)c2=O)c1C. The van der Waals surface area contributed by atoms with Crippen molar-refractivity contribution in [2.24, 2.45) is 0 Å². The van der Waals surface area contributed by atoms with Crippen molar-refractivity contribution in [3.8, 4) is 0 Å². The van der Waals surface area contributed by atoms with Crippen LogP contribution in [-0.4, -0.2) is 21.1 Å². The van der Waals surface area contributed by atoms with Gasteiger partial charge >= 0.3 is 6.18 Å². The number of hydrogen-bond acceptors (Lipinski definition) is 3. The van der Waals surface area contributed by atoms with Crippen LogP contribution in [0.5, 0.6) is 0 Å². The number of carbonyl (C=O) groups excluding carboxylic acids is 2. The van der Waals surface area contributed by atoms with Crippen LogP contribution >= 0.6 is 11.6 Å². The van der Waals surface area contributed by atoms with Gasteiger partial charge in [-0.25, -0.2) is 0 Å². The molecule has 0 aromatic carbocycles. The predicted molar refractivity (Wildman–Crippen MR) is 85.3 cm³/mol. The number of aromatic amines is 1. The van der Waals surface area contributed by atoms with Crippen LogP contribution in [-0.2, 0) is 12.7 Å². The molecule has 0 radical (unpaired) electrons. The minimum absolute atomic E-state index is 0.0723. The largest absolute Gasteiger partial charge is 0.417 e. The summed E-state index contributed by atoms with van der Waals surface area (Å²) in [7, 11) is 0. The molecule has 0 aliphatic rings. The fraction of sp³-hybridized carbons (Fsp3) is 0.312. The Balaban J connectivity index is 2.46. The van der Waals surface area contributed by atoms with E-state index >= 15 is 0 Å². The van der Waals surface area contributed by atoms with Gasteiger partial charge in [0.05, 0.1) is 17.8 Å². The molecule has 0 aliphatic heterocycles. The first-order valence-corrected chi connectivity index (χ1v) is 7.51. The van der Waals surface area contributed by atoms with E-state index in [0.29, 0.717) is 33.7 Å². The standard InChI is InChI=1S/C16H14ClF3N2O3/c1-7-13(9(3)23)8(2)21-14(7)12(24)6-22-5-10(16(18,19)20)4-11(17)15(22)25/h4-5,21H,6H2,1-3H3. The molecule has 2 rings (SSSR count). The summed E-state index contributed by atoms with van der Waals surface area (Å²) < 4.78 is 39.1. The Morgan fingerprint density at radius 2 is 1.88 bits per heavy atom. The Labute approximate surface area is 145 Å². The van der Waals surface area contributed by atoms with Crippen LogP contribution in [0.25, 0.3) is 0 Å². The van der Waals surface area contributed by atoms with Gasteiger partial charge in [0, 0.05) is 17.5 Å². The number of alkyl halides is 3. The molecule has 0 fully saturated rings. The molecule has 0 amide bonds. The predicted octanol–water partition coefficient (Wildman–Crippen LogP) is 3.55. The molecule has 25 heavy (non-hydrogen) atoms. The van der Waals surface area contributed by atoms with Crippen molar-refractivity contribution in [2.75, 3.05) is 0 Å². The third kappa shape index (κ3) is 3.68. The van der Waals surface area contributed by atoms with Gasteiger partial charge in [0.15, 0.2) is 11.6 Å². The molecule has 0 saturated heterocycles. The van der Waals surface area contributed by atoms with E-state index in [-0.39, 0.29) is 11.5 Å². The second-order valence-corrected chi connectivity index (χ2v) is 6.02. The molecule has 5 nitrogen and oxygen atoms in total. The van der Waals surface area contributed by atoms with E-state index in [2.05, 4.69) is 4.98 Å². The summed E-state index contributed by atoms with van der Waals surface area (Å²) >= 11 is 5.56. The number of aryl methyl sites for hydroxylation is 1. The molecule has 9 heteroatoms. The van der Waals surface area contributed by atoms with Gasteiger partial charge in [0.1, 0.15) is 5.02 Å². The molecule has 1 N–H and O–H groups in total. The first-order chi connectivity index (χ1) is 11.4. The number of ketones is 2. The molecule has 0 aliphatic carbocycles. The van der Waals surface area contributed by atoms with Gasteiger partial charge in [-0.1, -0.05) is 11.6 Å². The Bertz CT molecular complexity index is 926. The third-order valence-electron chi connectivity index (χ3n) is 3.75. The second-order valence-electron chi connectivity index (χ2n) is 5.61. The van der Waals surface area contributed by atoms with Gasteiger partial charge in [-0.15, -0.1) is 0 Å². The maximum atomic E-state index is 12.8. The van der Waals surface area contributed by atoms with Crippen LogP contribution in [0.1, 0.15) is 44.6 Å². The Kier molecular flexibility index (Phi) is 4.94. The number of nitrogens with one attached hydrogen (secondary N) is 1. The number of nitrogens with zero attached hydrogens (tertiary/aromatic N) is 1. The highest BCUT2D eigenvalue weighted by atomic mass is 35.5. The van der Waals surface area contributed by atoms with Crippen LogP contribution < -0.4 is 5.56 Å². The highest BCUT2D eigenvalue weighted by Crippen LogP contribution is 2.29. The maximum Gasteiger partial charge on any atom is 0.417 e. The summed E-state index contributed by atoms with van der Waals surface area (Å²) in [6.07, 6.45) is -4.16. The Hall–Kier alpha value is -2.35. The number of aromatic nitrogens is 2. The first kappa shape index (κ1) is 19.0. The van der Waals surface area contributed by atoms with Crippen LogP contribution in [0.2, 0.25) is 5.02 Å². The summed E-state index contributed by atoms with van der Waals surface area (Å²) in [6, 6.07) is 0.517. The van der Waals surface area contributed by atoms with Gasteiger partial charge in [0.2, 0.25) is 0 Å². The molecule has 0 spiro atoms. The summed E-state index contributed by atoms with van der Waals surface area (Å²) in [4.78, 5) is 38.7. The molecule has 0 bridgehead atoms. The first-order valence-electron chi connectivity index (χ1n) is 7.14. The zero-order valence-corrected chi connectivity index (χ0v) is 14.3. The van der Waals surface area contributed by atoms with E-state index in [0.717, 1.165) is 0 Å². The van der Waals surface area contributed by atoms with Crippen molar-refractivity contribution in [1.82, 2.24) is 9.55 Å². The minimum atomic E-state index is -4.71. The summed E-state index contributed by atoms with van der Waals surface area (Å²) in [5, 5.41) is -0.633. The molecule has 2 aromatic rings. The van der Waals surface area contributed by atoms with Crippen molar-refractivity contribution < 1.29 is 22.8 Å². The molecule has 2 aromatic heterocycles. The topological polar surface area (TPSA) is 71.9 Å². The van der Waals surface area contributed by atoms with E-state index in [9.17, 15) is 27.6 Å². The second kappa shape index (κ2) is 6.51. The lowest BCUT2D eigenvalue weighted by Gasteiger charge is -2.11. The van der Waals surface area contributed by atoms with Crippen molar-refractivity contribution in [2.45, 2.75) is 33.5 Å². The normalized spacial score (nSPS) is 11.6. The highest BCUT2D eigenvalue weighted by molar-refractivity contribution is 6.30. The number of rotatable bonds is 4. The lowest BCUT2D eigenvalue weighted by Crippen LogP contribution is -2.26. The van der Waals surface area contributed by atoms with Crippen molar-refractivity contribution >= 4 is 23.2 Å². The van der Waals surface area contributed by atoms with Crippen molar-refractivity contribution in [3.05, 3.63) is 55.7 Å². The van der Waals surface area contributed by atoms with Crippen LogP contribution in [0, 0.1) is 13.8 Å². The number of carbonyl (C=O) groups is 2. The van der Waals surface area contributed by atoms with E-state index in [4.69, 9.17) is 11.6 Å².